The van der Waals surface area contributed by atoms with Crippen LogP contribution in [0.2, 0.25) is 5.02 Å². The van der Waals surface area contributed by atoms with E-state index < -0.39 is 11.8 Å². The molecule has 6 heteroatoms. The second-order valence-electron chi connectivity index (χ2n) is 6.43. The number of carbonyl (C=O) groups is 2. The highest BCUT2D eigenvalue weighted by Crippen LogP contribution is 2.32. The molecule has 2 heterocycles. The molecule has 0 atom stereocenters. The van der Waals surface area contributed by atoms with Gasteiger partial charge in [0.05, 0.1) is 5.02 Å². The summed E-state index contributed by atoms with van der Waals surface area (Å²) in [5.74, 6) is -0.0110. The van der Waals surface area contributed by atoms with Crippen molar-refractivity contribution in [2.45, 2.75) is 26.8 Å². The zero-order chi connectivity index (χ0) is 19.7. The molecule has 0 aliphatic carbocycles. The molecular formula is C21H17ClN2O3. The van der Waals surface area contributed by atoms with Gasteiger partial charge in [0.2, 0.25) is 0 Å². The van der Waals surface area contributed by atoms with Gasteiger partial charge in [-0.3, -0.25) is 14.5 Å². The van der Waals surface area contributed by atoms with E-state index in [9.17, 15) is 14.9 Å². The molecule has 1 aliphatic rings. The fourth-order valence-corrected chi connectivity index (χ4v) is 3.18. The van der Waals surface area contributed by atoms with Crippen molar-refractivity contribution in [1.29, 1.82) is 5.26 Å². The number of nitrogens with zero attached hydrogens (tertiary/aromatic N) is 2. The molecule has 27 heavy (non-hydrogen) atoms. The van der Waals surface area contributed by atoms with Gasteiger partial charge < -0.3 is 4.42 Å². The third kappa shape index (κ3) is 3.32. The second kappa shape index (κ2) is 7.26. The number of rotatable bonds is 3. The average Bonchev–Trinajstić information content (AvgIpc) is 3.07. The highest BCUT2D eigenvalue weighted by Gasteiger charge is 2.37. The molecule has 1 aliphatic heterocycles. The Labute approximate surface area is 162 Å². The number of hydrogen-bond acceptors (Lipinski definition) is 4. The SMILES string of the molecule is CC1=C(C#N)C(=O)N(C(C)C)C(=O)/C1=C/c1ccc(-c2ccccc2Cl)o1. The van der Waals surface area contributed by atoms with E-state index in [0.717, 1.165) is 10.5 Å². The van der Waals surface area contributed by atoms with Gasteiger partial charge in [-0.2, -0.15) is 5.26 Å². The van der Waals surface area contributed by atoms with Crippen molar-refractivity contribution in [1.82, 2.24) is 4.90 Å². The second-order valence-corrected chi connectivity index (χ2v) is 6.83. The van der Waals surface area contributed by atoms with E-state index in [0.29, 0.717) is 22.1 Å². The summed E-state index contributed by atoms with van der Waals surface area (Å²) in [7, 11) is 0. The normalized spacial score (nSPS) is 16.4. The topological polar surface area (TPSA) is 74.3 Å². The van der Waals surface area contributed by atoms with Gasteiger partial charge in [-0.1, -0.05) is 23.7 Å². The molecule has 0 saturated carbocycles. The van der Waals surface area contributed by atoms with E-state index in [2.05, 4.69) is 0 Å². The van der Waals surface area contributed by atoms with Crippen molar-refractivity contribution in [3.63, 3.8) is 0 Å². The van der Waals surface area contributed by atoms with E-state index in [1.165, 1.54) is 0 Å². The maximum atomic E-state index is 12.8. The predicted octanol–water partition coefficient (Wildman–Crippen LogP) is 4.60. The van der Waals surface area contributed by atoms with Gasteiger partial charge in [0.1, 0.15) is 23.2 Å². The molecule has 136 valence electrons. The lowest BCUT2D eigenvalue weighted by Crippen LogP contribution is -2.46. The first kappa shape index (κ1) is 18.7. The number of hydrogen-bond donors (Lipinski definition) is 0. The van der Waals surface area contributed by atoms with E-state index in [4.69, 9.17) is 16.0 Å². The smallest absolute Gasteiger partial charge is 0.271 e. The lowest BCUT2D eigenvalue weighted by atomic mass is 9.94. The van der Waals surface area contributed by atoms with Crippen LogP contribution >= 0.6 is 11.6 Å². The molecule has 1 aromatic carbocycles. The van der Waals surface area contributed by atoms with E-state index in [1.54, 1.807) is 45.0 Å². The van der Waals surface area contributed by atoms with Gasteiger partial charge in [0.25, 0.3) is 11.8 Å². The number of imide groups is 1. The molecule has 5 nitrogen and oxygen atoms in total. The van der Waals surface area contributed by atoms with E-state index in [-0.39, 0.29) is 17.2 Å². The molecule has 1 aromatic heterocycles. The van der Waals surface area contributed by atoms with Crippen molar-refractivity contribution in [2.24, 2.45) is 0 Å². The van der Waals surface area contributed by atoms with Crippen molar-refractivity contribution in [3.8, 4) is 17.4 Å². The van der Waals surface area contributed by atoms with Gasteiger partial charge in [0.15, 0.2) is 0 Å². The third-order valence-corrected chi connectivity index (χ3v) is 4.67. The minimum atomic E-state index is -0.566. The van der Waals surface area contributed by atoms with Crippen LogP contribution in [0.1, 0.15) is 26.5 Å². The van der Waals surface area contributed by atoms with Crippen LogP contribution in [0, 0.1) is 11.3 Å². The Morgan fingerprint density at radius 1 is 1.15 bits per heavy atom. The molecule has 3 rings (SSSR count). The van der Waals surface area contributed by atoms with Gasteiger partial charge >= 0.3 is 0 Å². The molecular weight excluding hydrogens is 364 g/mol. The molecule has 0 saturated heterocycles. The Kier molecular flexibility index (Phi) is 5.02. The lowest BCUT2D eigenvalue weighted by Gasteiger charge is -2.30. The first-order valence-corrected chi connectivity index (χ1v) is 8.78. The predicted molar refractivity (Wildman–Crippen MR) is 102 cm³/mol. The monoisotopic (exact) mass is 380 g/mol. The minimum absolute atomic E-state index is 0.0348. The van der Waals surface area contributed by atoms with Crippen LogP contribution in [0.4, 0.5) is 0 Å². The van der Waals surface area contributed by atoms with Crippen LogP contribution in [-0.2, 0) is 9.59 Å². The Morgan fingerprint density at radius 3 is 2.48 bits per heavy atom. The van der Waals surface area contributed by atoms with Gasteiger partial charge in [0, 0.05) is 17.2 Å². The summed E-state index contributed by atoms with van der Waals surface area (Å²) < 4.78 is 5.82. The number of halogens is 1. The maximum absolute atomic E-state index is 12.8. The molecule has 0 radical (unpaired) electrons. The van der Waals surface area contributed by atoms with Gasteiger partial charge in [-0.25, -0.2) is 0 Å². The first-order chi connectivity index (χ1) is 12.8. The summed E-state index contributed by atoms with van der Waals surface area (Å²) in [4.78, 5) is 26.3. The summed E-state index contributed by atoms with van der Waals surface area (Å²) >= 11 is 6.20. The summed E-state index contributed by atoms with van der Waals surface area (Å²) in [5.41, 5.74) is 1.31. The summed E-state index contributed by atoms with van der Waals surface area (Å²) in [6, 6.07) is 12.3. The van der Waals surface area contributed by atoms with Crippen LogP contribution in [0.25, 0.3) is 17.4 Å². The van der Waals surface area contributed by atoms with Crippen molar-refractivity contribution < 1.29 is 14.0 Å². The zero-order valence-electron chi connectivity index (χ0n) is 15.1. The first-order valence-electron chi connectivity index (χ1n) is 8.40. The Hall–Kier alpha value is -3.10. The third-order valence-electron chi connectivity index (χ3n) is 4.34. The number of carbonyl (C=O) groups excluding carboxylic acids is 2. The lowest BCUT2D eigenvalue weighted by molar-refractivity contribution is -0.142. The maximum Gasteiger partial charge on any atom is 0.271 e. The van der Waals surface area contributed by atoms with E-state index >= 15 is 0 Å². The quantitative estimate of drug-likeness (QED) is 0.576. The number of benzene rings is 1. The largest absolute Gasteiger partial charge is 0.457 e. The highest BCUT2D eigenvalue weighted by atomic mass is 35.5. The zero-order valence-corrected chi connectivity index (χ0v) is 15.9. The summed E-state index contributed by atoms with van der Waals surface area (Å²) in [5, 5.41) is 9.91. The fourth-order valence-electron chi connectivity index (χ4n) is 2.95. The number of nitriles is 1. The molecule has 2 aromatic rings. The molecule has 0 bridgehead atoms. The van der Waals surface area contributed by atoms with Gasteiger partial charge in [-0.05, 0) is 56.7 Å². The van der Waals surface area contributed by atoms with E-state index in [1.807, 2.05) is 24.3 Å². The molecule has 0 spiro atoms. The number of amides is 2. The number of furan rings is 1. The molecule has 2 amide bonds. The van der Waals surface area contributed by atoms with Crippen molar-refractivity contribution >= 4 is 29.5 Å². The minimum Gasteiger partial charge on any atom is -0.457 e. The summed E-state index contributed by atoms with van der Waals surface area (Å²) in [6.45, 7) is 5.05. The molecule has 0 unspecified atom stereocenters. The Morgan fingerprint density at radius 2 is 1.85 bits per heavy atom. The molecule has 0 fully saturated rings. The van der Waals surface area contributed by atoms with Crippen LogP contribution in [0.15, 0.2) is 57.5 Å². The Balaban J connectivity index is 2.07. The Bertz CT molecular complexity index is 1040. The van der Waals surface area contributed by atoms with Crippen LogP contribution in [0.3, 0.4) is 0 Å². The van der Waals surface area contributed by atoms with Crippen LogP contribution in [0.5, 0.6) is 0 Å². The molecule has 0 N–H and O–H groups in total. The van der Waals surface area contributed by atoms with Crippen LogP contribution < -0.4 is 0 Å². The standard InChI is InChI=1S/C21H17ClN2O3/c1-12(2)24-20(25)16(13(3)17(11-23)21(24)26)10-14-8-9-19(27-14)15-6-4-5-7-18(15)22/h4-10,12H,1-3H3/b16-10+. The highest BCUT2D eigenvalue weighted by molar-refractivity contribution is 6.33. The van der Waals surface area contributed by atoms with Crippen LogP contribution in [-0.4, -0.2) is 22.8 Å². The average molecular weight is 381 g/mol. The van der Waals surface area contributed by atoms with Gasteiger partial charge in [-0.15, -0.1) is 0 Å². The van der Waals surface area contributed by atoms with Crippen molar-refractivity contribution in [2.75, 3.05) is 0 Å². The fraction of sp³-hybridized carbons (Fsp3) is 0.190. The summed E-state index contributed by atoms with van der Waals surface area (Å²) in [6.07, 6.45) is 1.55. The van der Waals surface area contributed by atoms with Crippen molar-refractivity contribution in [3.05, 3.63) is 63.9 Å².